The third kappa shape index (κ3) is 4.10. The first-order valence-electron chi connectivity index (χ1n) is 10.2. The molecule has 2 amide bonds. The molecule has 0 aromatic heterocycles. The maximum Gasteiger partial charge on any atom is 0.312 e. The number of sulfonamides is 1. The molecule has 2 aromatic carbocycles. The Bertz CT molecular complexity index is 1090. The number of fused-ring (bicyclic) bond motifs is 1. The smallest absolute Gasteiger partial charge is 0.312 e. The van der Waals surface area contributed by atoms with Crippen molar-refractivity contribution in [1.82, 2.24) is 14.1 Å². The number of piperazine rings is 1. The molecule has 2 fully saturated rings. The number of ether oxygens (including phenoxy) is 2. The molecule has 2 aromatic rings. The Morgan fingerprint density at radius 3 is 2.03 bits per heavy atom. The van der Waals surface area contributed by atoms with Crippen molar-refractivity contribution in [2.24, 2.45) is 0 Å². The van der Waals surface area contributed by atoms with Gasteiger partial charge in [-0.1, -0.05) is 24.3 Å². The molecule has 2 saturated heterocycles. The standard InChI is InChI=1S/C21H25N3O6S/c1-29-18-6-7-19(17-5-3-2-4-16(17)18)31(27,28)24-10-8-22(9-11-24)20(25)21(26)23-12-14-30-15-13-23/h2-7H,8-15H2,1H3. The molecule has 0 radical (unpaired) electrons. The van der Waals surface area contributed by atoms with Crippen LogP contribution in [0.15, 0.2) is 41.3 Å². The van der Waals surface area contributed by atoms with E-state index in [0.717, 1.165) is 5.39 Å². The molecule has 4 rings (SSSR count). The summed E-state index contributed by atoms with van der Waals surface area (Å²) < 4.78 is 38.6. The molecule has 0 atom stereocenters. The summed E-state index contributed by atoms with van der Waals surface area (Å²) in [5.41, 5.74) is 0. The Morgan fingerprint density at radius 1 is 0.839 bits per heavy atom. The summed E-state index contributed by atoms with van der Waals surface area (Å²) in [5, 5.41) is 1.30. The van der Waals surface area contributed by atoms with E-state index in [-0.39, 0.29) is 31.1 Å². The molecule has 9 nitrogen and oxygen atoms in total. The second kappa shape index (κ2) is 8.81. The highest BCUT2D eigenvalue weighted by molar-refractivity contribution is 7.89. The molecule has 2 aliphatic heterocycles. The lowest BCUT2D eigenvalue weighted by molar-refractivity contribution is -0.154. The van der Waals surface area contributed by atoms with Crippen LogP contribution in [0.5, 0.6) is 5.75 Å². The molecule has 2 aliphatic rings. The van der Waals surface area contributed by atoms with Gasteiger partial charge in [0.1, 0.15) is 5.75 Å². The quantitative estimate of drug-likeness (QED) is 0.638. The molecule has 166 valence electrons. The van der Waals surface area contributed by atoms with Crippen LogP contribution in [0.25, 0.3) is 10.8 Å². The summed E-state index contributed by atoms with van der Waals surface area (Å²) in [6.07, 6.45) is 0. The van der Waals surface area contributed by atoms with Crippen LogP contribution in [-0.4, -0.2) is 93.9 Å². The van der Waals surface area contributed by atoms with Gasteiger partial charge in [0.15, 0.2) is 0 Å². The minimum atomic E-state index is -3.78. The topological polar surface area (TPSA) is 96.5 Å². The van der Waals surface area contributed by atoms with Crippen LogP contribution >= 0.6 is 0 Å². The van der Waals surface area contributed by atoms with Gasteiger partial charge >= 0.3 is 11.8 Å². The van der Waals surface area contributed by atoms with Crippen molar-refractivity contribution in [1.29, 1.82) is 0 Å². The average Bonchev–Trinajstić information content (AvgIpc) is 2.83. The van der Waals surface area contributed by atoms with Crippen molar-refractivity contribution < 1.29 is 27.5 Å². The van der Waals surface area contributed by atoms with Gasteiger partial charge in [-0.05, 0) is 12.1 Å². The number of rotatable bonds is 3. The first-order chi connectivity index (χ1) is 14.9. The van der Waals surface area contributed by atoms with E-state index in [2.05, 4.69) is 0 Å². The van der Waals surface area contributed by atoms with Crippen molar-refractivity contribution in [2.75, 3.05) is 59.6 Å². The highest BCUT2D eigenvalue weighted by Gasteiger charge is 2.34. The van der Waals surface area contributed by atoms with Gasteiger partial charge in [-0.15, -0.1) is 0 Å². The first kappa shape index (κ1) is 21.5. The van der Waals surface area contributed by atoms with Gasteiger partial charge in [-0.3, -0.25) is 9.59 Å². The highest BCUT2D eigenvalue weighted by Crippen LogP contribution is 2.32. The van der Waals surface area contributed by atoms with Crippen LogP contribution in [-0.2, 0) is 24.3 Å². The summed E-state index contributed by atoms with van der Waals surface area (Å²) in [6, 6.07) is 10.4. The monoisotopic (exact) mass is 447 g/mol. The summed E-state index contributed by atoms with van der Waals surface area (Å²) in [5.74, 6) is -0.541. The molecule has 10 heteroatoms. The van der Waals surface area contributed by atoms with E-state index < -0.39 is 21.8 Å². The molecule has 0 spiro atoms. The zero-order valence-corrected chi connectivity index (χ0v) is 18.1. The van der Waals surface area contributed by atoms with Crippen molar-refractivity contribution in [3.63, 3.8) is 0 Å². The summed E-state index contributed by atoms with van der Waals surface area (Å²) in [7, 11) is -2.23. The summed E-state index contributed by atoms with van der Waals surface area (Å²) in [4.78, 5) is 28.1. The van der Waals surface area contributed by atoms with Crippen molar-refractivity contribution in [2.45, 2.75) is 4.90 Å². The minimum Gasteiger partial charge on any atom is -0.496 e. The molecule has 2 heterocycles. The first-order valence-corrected chi connectivity index (χ1v) is 11.6. The summed E-state index contributed by atoms with van der Waals surface area (Å²) in [6.45, 7) is 2.22. The van der Waals surface area contributed by atoms with Crippen LogP contribution < -0.4 is 4.74 Å². The van der Waals surface area contributed by atoms with Gasteiger partial charge in [0.25, 0.3) is 0 Å². The fourth-order valence-corrected chi connectivity index (χ4v) is 5.57. The second-order valence-corrected chi connectivity index (χ2v) is 9.32. The van der Waals surface area contributed by atoms with E-state index in [1.54, 1.807) is 31.4 Å². The molecule has 0 saturated carbocycles. The SMILES string of the molecule is COc1ccc(S(=O)(=O)N2CCN(C(=O)C(=O)N3CCOCC3)CC2)c2ccccc12. The zero-order chi connectivity index (χ0) is 22.0. The van der Waals surface area contributed by atoms with Gasteiger partial charge in [-0.25, -0.2) is 8.42 Å². The molecule has 31 heavy (non-hydrogen) atoms. The normalized spacial score (nSPS) is 18.2. The molecular weight excluding hydrogens is 422 g/mol. The third-order valence-electron chi connectivity index (χ3n) is 5.69. The van der Waals surface area contributed by atoms with Gasteiger partial charge in [0, 0.05) is 50.0 Å². The minimum absolute atomic E-state index is 0.130. The Kier molecular flexibility index (Phi) is 6.12. The maximum atomic E-state index is 13.4. The van der Waals surface area contributed by atoms with Gasteiger partial charge in [-0.2, -0.15) is 4.31 Å². The number of hydrogen-bond acceptors (Lipinski definition) is 6. The molecule has 0 aliphatic carbocycles. The third-order valence-corrected chi connectivity index (χ3v) is 7.65. The van der Waals surface area contributed by atoms with E-state index in [9.17, 15) is 18.0 Å². The van der Waals surface area contributed by atoms with Crippen molar-refractivity contribution in [3.8, 4) is 5.75 Å². The fraction of sp³-hybridized carbons (Fsp3) is 0.429. The number of hydrogen-bond donors (Lipinski definition) is 0. The van der Waals surface area contributed by atoms with E-state index >= 15 is 0 Å². The van der Waals surface area contributed by atoms with Crippen molar-refractivity contribution in [3.05, 3.63) is 36.4 Å². The van der Waals surface area contributed by atoms with Crippen LogP contribution in [0.4, 0.5) is 0 Å². The van der Waals surface area contributed by atoms with Gasteiger partial charge in [0.2, 0.25) is 10.0 Å². The summed E-state index contributed by atoms with van der Waals surface area (Å²) >= 11 is 0. The maximum absolute atomic E-state index is 13.4. The number of benzene rings is 2. The van der Waals surface area contributed by atoms with E-state index in [1.807, 2.05) is 12.1 Å². The van der Waals surface area contributed by atoms with Crippen molar-refractivity contribution >= 4 is 32.6 Å². The number of amides is 2. The average molecular weight is 448 g/mol. The lowest BCUT2D eigenvalue weighted by atomic mass is 10.1. The molecular formula is C21H25N3O6S. The van der Waals surface area contributed by atoms with Crippen LogP contribution in [0.3, 0.4) is 0 Å². The van der Waals surface area contributed by atoms with E-state index in [0.29, 0.717) is 37.4 Å². The highest BCUT2D eigenvalue weighted by atomic mass is 32.2. The lowest BCUT2D eigenvalue weighted by Crippen LogP contribution is -2.55. The predicted molar refractivity (Wildman–Crippen MR) is 113 cm³/mol. The number of carbonyl (C=O) groups is 2. The number of methoxy groups -OCH3 is 1. The van der Waals surface area contributed by atoms with Crippen LogP contribution in [0, 0.1) is 0 Å². The van der Waals surface area contributed by atoms with Gasteiger partial charge < -0.3 is 19.3 Å². The molecule has 0 N–H and O–H groups in total. The number of nitrogens with zero attached hydrogens (tertiary/aromatic N) is 3. The lowest BCUT2D eigenvalue weighted by Gasteiger charge is -2.35. The van der Waals surface area contributed by atoms with E-state index in [1.165, 1.54) is 14.1 Å². The zero-order valence-electron chi connectivity index (χ0n) is 17.3. The predicted octanol–water partition coefficient (Wildman–Crippen LogP) is 0.540. The number of morpholine rings is 1. The molecule has 0 bridgehead atoms. The Labute approximate surface area is 181 Å². The van der Waals surface area contributed by atoms with Gasteiger partial charge in [0.05, 0.1) is 25.2 Å². The fourth-order valence-electron chi connectivity index (χ4n) is 3.95. The molecule has 0 unspecified atom stereocenters. The van der Waals surface area contributed by atoms with Crippen LogP contribution in [0.2, 0.25) is 0 Å². The Balaban J connectivity index is 1.49. The Hall–Kier alpha value is -2.69. The van der Waals surface area contributed by atoms with Crippen LogP contribution in [0.1, 0.15) is 0 Å². The largest absolute Gasteiger partial charge is 0.496 e. The Morgan fingerprint density at radius 2 is 1.42 bits per heavy atom. The van der Waals surface area contributed by atoms with E-state index in [4.69, 9.17) is 9.47 Å². The second-order valence-electron chi connectivity index (χ2n) is 7.41. The number of carbonyl (C=O) groups excluding carboxylic acids is 2.